The maximum absolute atomic E-state index is 10.6. The normalized spacial score (nSPS) is 27.3. The molecule has 19 heavy (non-hydrogen) atoms. The molecule has 1 unspecified atom stereocenters. The molecule has 2 aliphatic rings. The molecule has 1 atom stereocenters. The number of hydrogen-bond donors (Lipinski definition) is 1. The van der Waals surface area contributed by atoms with Crippen molar-refractivity contribution in [1.82, 2.24) is 14.9 Å². The number of likely N-dealkylation sites (N-methyl/N-ethyl adjacent to an activating group) is 1. The predicted octanol–water partition coefficient (Wildman–Crippen LogP) is 0.857. The Labute approximate surface area is 114 Å². The van der Waals surface area contributed by atoms with Gasteiger partial charge in [-0.05, 0) is 33.4 Å². The summed E-state index contributed by atoms with van der Waals surface area (Å²) < 4.78 is 0. The molecule has 104 valence electrons. The lowest BCUT2D eigenvalue weighted by atomic mass is 10.0. The summed E-state index contributed by atoms with van der Waals surface area (Å²) in [5.41, 5.74) is 0.543. The summed E-state index contributed by atoms with van der Waals surface area (Å²) in [5.74, 6) is 1.61. The number of β-amino-alcohol motifs (C(OH)–C–C–N with tert-alkyl or cyclic N) is 1. The molecule has 1 saturated carbocycles. The third kappa shape index (κ3) is 2.87. The van der Waals surface area contributed by atoms with Crippen molar-refractivity contribution in [3.63, 3.8) is 0 Å². The molecule has 0 spiro atoms. The Kier molecular flexibility index (Phi) is 3.19. The van der Waals surface area contributed by atoms with Crippen molar-refractivity contribution < 1.29 is 5.11 Å². The minimum Gasteiger partial charge on any atom is -0.387 e. The van der Waals surface area contributed by atoms with Crippen molar-refractivity contribution in [1.29, 1.82) is 0 Å². The zero-order valence-electron chi connectivity index (χ0n) is 11.7. The second kappa shape index (κ2) is 4.72. The van der Waals surface area contributed by atoms with E-state index in [2.05, 4.69) is 20.9 Å². The van der Waals surface area contributed by atoms with E-state index in [9.17, 15) is 5.11 Å². The van der Waals surface area contributed by atoms with Crippen molar-refractivity contribution in [3.8, 4) is 0 Å². The van der Waals surface area contributed by atoms with E-state index in [1.54, 1.807) is 6.33 Å². The first-order valence-corrected chi connectivity index (χ1v) is 7.00. The number of nitrogens with zero attached hydrogens (tertiary/aromatic N) is 4. The van der Waals surface area contributed by atoms with Crippen molar-refractivity contribution in [3.05, 3.63) is 18.1 Å². The Balaban J connectivity index is 1.71. The van der Waals surface area contributed by atoms with Crippen LogP contribution in [-0.2, 0) is 0 Å². The van der Waals surface area contributed by atoms with E-state index in [0.29, 0.717) is 19.0 Å². The van der Waals surface area contributed by atoms with Gasteiger partial charge in [-0.15, -0.1) is 0 Å². The van der Waals surface area contributed by atoms with Crippen LogP contribution in [0.25, 0.3) is 0 Å². The zero-order chi connectivity index (χ0) is 13.5. The number of aromatic nitrogens is 2. The van der Waals surface area contributed by atoms with E-state index in [1.807, 2.05) is 19.0 Å². The first-order valence-electron chi connectivity index (χ1n) is 7.00. The summed E-state index contributed by atoms with van der Waals surface area (Å²) in [7, 11) is 3.99. The molecule has 1 aliphatic heterocycles. The summed E-state index contributed by atoms with van der Waals surface area (Å²) in [6.45, 7) is 2.22. The molecule has 1 saturated heterocycles. The Morgan fingerprint density at radius 1 is 1.42 bits per heavy atom. The van der Waals surface area contributed by atoms with Crippen LogP contribution in [0.1, 0.15) is 30.9 Å². The van der Waals surface area contributed by atoms with Crippen LogP contribution in [0.3, 0.4) is 0 Å². The number of hydrogen-bond acceptors (Lipinski definition) is 5. The molecule has 1 aliphatic carbocycles. The summed E-state index contributed by atoms with van der Waals surface area (Å²) in [6, 6.07) is 2.10. The van der Waals surface area contributed by atoms with Gasteiger partial charge in [0.25, 0.3) is 0 Å². The van der Waals surface area contributed by atoms with Crippen LogP contribution in [0, 0.1) is 0 Å². The average Bonchev–Trinajstić information content (AvgIpc) is 3.13. The second-order valence-corrected chi connectivity index (χ2v) is 6.21. The lowest BCUT2D eigenvalue weighted by Crippen LogP contribution is -2.42. The van der Waals surface area contributed by atoms with Gasteiger partial charge in [0.05, 0.1) is 5.60 Å². The molecule has 3 rings (SSSR count). The third-order valence-electron chi connectivity index (χ3n) is 3.94. The van der Waals surface area contributed by atoms with Gasteiger partial charge < -0.3 is 14.9 Å². The average molecular weight is 262 g/mol. The monoisotopic (exact) mass is 262 g/mol. The molecular weight excluding hydrogens is 240 g/mol. The molecule has 1 aromatic heterocycles. The van der Waals surface area contributed by atoms with Crippen molar-refractivity contribution in [2.24, 2.45) is 0 Å². The van der Waals surface area contributed by atoms with Gasteiger partial charge in [-0.3, -0.25) is 0 Å². The fraction of sp³-hybridized carbons (Fsp3) is 0.714. The molecule has 1 N–H and O–H groups in total. The Morgan fingerprint density at radius 3 is 2.89 bits per heavy atom. The first-order chi connectivity index (χ1) is 9.06. The molecule has 2 heterocycles. The van der Waals surface area contributed by atoms with E-state index >= 15 is 0 Å². The van der Waals surface area contributed by atoms with E-state index in [-0.39, 0.29) is 0 Å². The van der Waals surface area contributed by atoms with Crippen LogP contribution >= 0.6 is 0 Å². The highest BCUT2D eigenvalue weighted by Crippen LogP contribution is 2.39. The van der Waals surface area contributed by atoms with E-state index in [1.165, 1.54) is 12.8 Å². The zero-order valence-corrected chi connectivity index (χ0v) is 11.7. The van der Waals surface area contributed by atoms with Crippen molar-refractivity contribution in [2.45, 2.75) is 30.8 Å². The van der Waals surface area contributed by atoms with E-state index < -0.39 is 5.60 Å². The topological polar surface area (TPSA) is 52.5 Å². The largest absolute Gasteiger partial charge is 0.387 e. The van der Waals surface area contributed by atoms with Crippen LogP contribution < -0.4 is 4.90 Å². The van der Waals surface area contributed by atoms with Gasteiger partial charge in [0.2, 0.25) is 0 Å². The van der Waals surface area contributed by atoms with Gasteiger partial charge >= 0.3 is 0 Å². The molecule has 2 fully saturated rings. The van der Waals surface area contributed by atoms with Crippen LogP contribution in [-0.4, -0.2) is 59.3 Å². The van der Waals surface area contributed by atoms with Gasteiger partial charge in [-0.2, -0.15) is 0 Å². The first kappa shape index (κ1) is 12.8. The Hall–Kier alpha value is -1.20. The maximum Gasteiger partial charge on any atom is 0.132 e. The van der Waals surface area contributed by atoms with Gasteiger partial charge in [0.15, 0.2) is 0 Å². The Morgan fingerprint density at radius 2 is 2.21 bits per heavy atom. The van der Waals surface area contributed by atoms with Crippen molar-refractivity contribution in [2.75, 3.05) is 38.6 Å². The molecule has 5 nitrogen and oxygen atoms in total. The highest BCUT2D eigenvalue weighted by Gasteiger charge is 2.37. The summed E-state index contributed by atoms with van der Waals surface area (Å²) in [5, 5.41) is 10.6. The minimum absolute atomic E-state index is 0.617. The second-order valence-electron chi connectivity index (χ2n) is 6.21. The van der Waals surface area contributed by atoms with Crippen LogP contribution in [0.4, 0.5) is 5.82 Å². The number of aliphatic hydroxyl groups is 1. The van der Waals surface area contributed by atoms with Crippen LogP contribution in [0.15, 0.2) is 12.4 Å². The molecular formula is C14H22N4O. The maximum atomic E-state index is 10.6. The predicted molar refractivity (Wildman–Crippen MR) is 74.3 cm³/mol. The summed E-state index contributed by atoms with van der Waals surface area (Å²) in [6.07, 6.45) is 4.96. The van der Waals surface area contributed by atoms with Gasteiger partial charge in [-0.25, -0.2) is 9.97 Å². The fourth-order valence-corrected chi connectivity index (χ4v) is 2.91. The molecule has 5 heteroatoms. The molecule has 0 bridgehead atoms. The Bertz CT molecular complexity index is 461. The number of rotatable bonds is 4. The molecule has 0 radical (unpaired) electrons. The minimum atomic E-state index is -0.617. The number of anilines is 1. The standard InChI is InChI=1S/C14H22N4O/c1-17(2)8-14(19)5-6-18(9-14)13-7-12(11-3-4-11)15-10-16-13/h7,10-11,19H,3-6,8-9H2,1-2H3. The van der Waals surface area contributed by atoms with E-state index in [0.717, 1.165) is 24.5 Å². The SMILES string of the molecule is CN(C)CC1(O)CCN(c2cc(C3CC3)ncn2)C1. The summed E-state index contributed by atoms with van der Waals surface area (Å²) >= 11 is 0. The highest BCUT2D eigenvalue weighted by molar-refractivity contribution is 5.42. The molecule has 0 aromatic carbocycles. The highest BCUT2D eigenvalue weighted by atomic mass is 16.3. The van der Waals surface area contributed by atoms with Gasteiger partial charge in [-0.1, -0.05) is 0 Å². The van der Waals surface area contributed by atoms with Crippen LogP contribution in [0.5, 0.6) is 0 Å². The third-order valence-corrected chi connectivity index (χ3v) is 3.94. The van der Waals surface area contributed by atoms with Crippen molar-refractivity contribution >= 4 is 5.82 Å². The fourth-order valence-electron chi connectivity index (χ4n) is 2.91. The van der Waals surface area contributed by atoms with Crippen LogP contribution in [0.2, 0.25) is 0 Å². The lowest BCUT2D eigenvalue weighted by molar-refractivity contribution is 0.0365. The molecule has 1 aromatic rings. The quantitative estimate of drug-likeness (QED) is 0.872. The summed E-state index contributed by atoms with van der Waals surface area (Å²) in [4.78, 5) is 12.9. The van der Waals surface area contributed by atoms with Gasteiger partial charge in [0, 0.05) is 37.3 Å². The lowest BCUT2D eigenvalue weighted by Gasteiger charge is -2.27. The smallest absolute Gasteiger partial charge is 0.132 e. The van der Waals surface area contributed by atoms with E-state index in [4.69, 9.17) is 0 Å². The molecule has 0 amide bonds. The van der Waals surface area contributed by atoms with Gasteiger partial charge in [0.1, 0.15) is 12.1 Å².